The molecule has 4 rings (SSSR count). The number of rotatable bonds is 7. The monoisotopic (exact) mass is 471 g/mol. The number of aromatic hydroxyl groups is 1. The minimum absolute atomic E-state index is 0.0427. The molecule has 1 fully saturated rings. The zero-order chi connectivity index (χ0) is 23.4. The van der Waals surface area contributed by atoms with Crippen molar-refractivity contribution in [3.05, 3.63) is 64.1 Å². The zero-order valence-corrected chi connectivity index (χ0v) is 19.5. The number of piperidine rings is 1. The molecule has 176 valence electrons. The summed E-state index contributed by atoms with van der Waals surface area (Å²) in [4.78, 5) is 2.47. The van der Waals surface area contributed by atoms with E-state index in [2.05, 4.69) is 4.90 Å². The molecule has 1 aromatic rings. The lowest BCUT2D eigenvalue weighted by Gasteiger charge is -2.32. The first-order chi connectivity index (χ1) is 15.9. The van der Waals surface area contributed by atoms with E-state index in [-0.39, 0.29) is 23.6 Å². The molecule has 3 aliphatic rings. The summed E-state index contributed by atoms with van der Waals surface area (Å²) in [7, 11) is 0. The summed E-state index contributed by atoms with van der Waals surface area (Å²) in [6, 6.07) is 5.54. The Hall–Kier alpha value is -2.77. The lowest BCUT2D eigenvalue weighted by atomic mass is 9.89. The van der Waals surface area contributed by atoms with Crippen LogP contribution in [0.15, 0.2) is 53.5 Å². The SMILES string of the molecule is CC(=N)OC(=N)C1=CC2=C(OCCCN3CCC(c4ccc(O)c(Cl)c4)CC3)C=CCC2O1. The van der Waals surface area contributed by atoms with E-state index in [1.165, 1.54) is 12.5 Å². The molecule has 8 heteroatoms. The van der Waals surface area contributed by atoms with Gasteiger partial charge in [-0.1, -0.05) is 23.7 Å². The number of fused-ring (bicyclic) bond motifs is 1. The second-order valence-corrected chi connectivity index (χ2v) is 9.00. The van der Waals surface area contributed by atoms with Gasteiger partial charge in [0.25, 0.3) is 5.90 Å². The van der Waals surface area contributed by atoms with Crippen LogP contribution < -0.4 is 0 Å². The Morgan fingerprint density at radius 2 is 2.06 bits per heavy atom. The number of nitrogens with one attached hydrogen (secondary N) is 2. The highest BCUT2D eigenvalue weighted by molar-refractivity contribution is 6.32. The fourth-order valence-electron chi connectivity index (χ4n) is 4.48. The lowest BCUT2D eigenvalue weighted by molar-refractivity contribution is 0.151. The summed E-state index contributed by atoms with van der Waals surface area (Å²) in [6.07, 6.45) is 9.42. The smallest absolute Gasteiger partial charge is 0.256 e. The van der Waals surface area contributed by atoms with Gasteiger partial charge in [0.1, 0.15) is 17.6 Å². The number of ether oxygens (including phenoxy) is 3. The van der Waals surface area contributed by atoms with Gasteiger partial charge < -0.3 is 24.2 Å². The third-order valence-electron chi connectivity index (χ3n) is 6.19. The largest absolute Gasteiger partial charge is 0.506 e. The summed E-state index contributed by atoms with van der Waals surface area (Å²) in [5, 5.41) is 25.4. The van der Waals surface area contributed by atoms with E-state index in [0.29, 0.717) is 23.3 Å². The van der Waals surface area contributed by atoms with Crippen molar-refractivity contribution in [3.63, 3.8) is 0 Å². The number of hydrogen-bond acceptors (Lipinski definition) is 7. The number of hydrogen-bond donors (Lipinski definition) is 3. The summed E-state index contributed by atoms with van der Waals surface area (Å²) in [5.41, 5.74) is 2.13. The van der Waals surface area contributed by atoms with E-state index in [1.54, 1.807) is 12.1 Å². The molecular formula is C25H30ClN3O4. The van der Waals surface area contributed by atoms with Crippen molar-refractivity contribution in [2.45, 2.75) is 44.6 Å². The van der Waals surface area contributed by atoms with Crippen molar-refractivity contribution in [1.82, 2.24) is 4.90 Å². The predicted molar refractivity (Wildman–Crippen MR) is 128 cm³/mol. The van der Waals surface area contributed by atoms with Crippen LogP contribution in [0.3, 0.4) is 0 Å². The number of halogens is 1. The second-order valence-electron chi connectivity index (χ2n) is 8.59. The molecule has 0 saturated carbocycles. The number of nitrogens with zero attached hydrogens (tertiary/aromatic N) is 1. The van der Waals surface area contributed by atoms with Crippen LogP contribution in [-0.2, 0) is 14.2 Å². The van der Waals surface area contributed by atoms with Gasteiger partial charge in [-0.25, -0.2) is 0 Å². The lowest BCUT2D eigenvalue weighted by Crippen LogP contribution is -2.34. The molecule has 7 nitrogen and oxygen atoms in total. The van der Waals surface area contributed by atoms with Crippen LogP contribution in [-0.4, -0.2) is 54.1 Å². The first-order valence-electron chi connectivity index (χ1n) is 11.3. The van der Waals surface area contributed by atoms with Gasteiger partial charge in [-0.2, -0.15) is 0 Å². The average molecular weight is 472 g/mol. The Kier molecular flexibility index (Phi) is 7.40. The van der Waals surface area contributed by atoms with Crippen LogP contribution in [0.25, 0.3) is 0 Å². The highest BCUT2D eigenvalue weighted by atomic mass is 35.5. The van der Waals surface area contributed by atoms with Gasteiger partial charge in [0.2, 0.25) is 0 Å². The van der Waals surface area contributed by atoms with Gasteiger partial charge in [-0.15, -0.1) is 0 Å². The van der Waals surface area contributed by atoms with Gasteiger partial charge in [-0.3, -0.25) is 10.8 Å². The molecule has 1 aromatic carbocycles. The van der Waals surface area contributed by atoms with Crippen LogP contribution in [0.5, 0.6) is 5.75 Å². The molecular weight excluding hydrogens is 442 g/mol. The molecule has 0 spiro atoms. The minimum atomic E-state index is -0.164. The molecule has 1 atom stereocenters. The third-order valence-corrected chi connectivity index (χ3v) is 6.50. The fraction of sp³-hybridized carbons (Fsp3) is 0.440. The molecule has 3 N–H and O–H groups in total. The van der Waals surface area contributed by atoms with E-state index in [9.17, 15) is 5.11 Å². The molecule has 1 unspecified atom stereocenters. The summed E-state index contributed by atoms with van der Waals surface area (Å²) in [5.74, 6) is 1.54. The van der Waals surface area contributed by atoms with E-state index >= 15 is 0 Å². The average Bonchev–Trinajstić information content (AvgIpc) is 3.24. The predicted octanol–water partition coefficient (Wildman–Crippen LogP) is 5.12. The zero-order valence-electron chi connectivity index (χ0n) is 18.8. The van der Waals surface area contributed by atoms with Crippen molar-refractivity contribution in [3.8, 4) is 5.75 Å². The van der Waals surface area contributed by atoms with Crippen LogP contribution >= 0.6 is 11.6 Å². The first kappa shape index (κ1) is 23.4. The Balaban J connectivity index is 1.23. The number of allylic oxidation sites excluding steroid dienone is 1. The summed E-state index contributed by atoms with van der Waals surface area (Å²) in [6.45, 7) is 5.15. The van der Waals surface area contributed by atoms with Gasteiger partial charge >= 0.3 is 0 Å². The summed E-state index contributed by atoms with van der Waals surface area (Å²) >= 11 is 6.07. The Morgan fingerprint density at radius 3 is 2.79 bits per heavy atom. The third kappa shape index (κ3) is 5.78. The Bertz CT molecular complexity index is 1010. The normalized spacial score (nSPS) is 20.8. The van der Waals surface area contributed by atoms with Crippen LogP contribution in [0.2, 0.25) is 5.02 Å². The standard InChI is InChI=1S/C25H30ClN3O4/c1-16(27)32-25(28)24-15-19-22(4-2-5-23(19)33-24)31-13-3-10-29-11-8-17(9-12-29)18-6-7-21(30)20(26)14-18/h2,4,6-7,14-15,17,23,27-28,30H,3,5,8-13H2,1H3. The number of likely N-dealkylation sites (tertiary alicyclic amines) is 1. The highest BCUT2D eigenvalue weighted by Gasteiger charge is 2.31. The Labute approximate surface area is 199 Å². The van der Waals surface area contributed by atoms with Gasteiger partial charge in [0.15, 0.2) is 11.7 Å². The maximum atomic E-state index is 9.63. The first-order valence-corrected chi connectivity index (χ1v) is 11.7. The van der Waals surface area contributed by atoms with Crippen LogP contribution in [0.1, 0.15) is 44.1 Å². The topological polar surface area (TPSA) is 98.9 Å². The minimum Gasteiger partial charge on any atom is -0.506 e. The molecule has 1 saturated heterocycles. The fourth-order valence-corrected chi connectivity index (χ4v) is 4.66. The van der Waals surface area contributed by atoms with Crippen molar-refractivity contribution in [2.75, 3.05) is 26.2 Å². The van der Waals surface area contributed by atoms with Gasteiger partial charge in [-0.05, 0) is 68.1 Å². The van der Waals surface area contributed by atoms with Crippen molar-refractivity contribution in [2.24, 2.45) is 0 Å². The van der Waals surface area contributed by atoms with Crippen molar-refractivity contribution >= 4 is 23.4 Å². The number of phenolic OH excluding ortho intramolecular Hbond substituents is 1. The van der Waals surface area contributed by atoms with E-state index in [4.69, 9.17) is 36.6 Å². The van der Waals surface area contributed by atoms with Crippen LogP contribution in [0, 0.1) is 10.8 Å². The van der Waals surface area contributed by atoms with E-state index < -0.39 is 0 Å². The van der Waals surface area contributed by atoms with Crippen molar-refractivity contribution in [1.29, 1.82) is 10.8 Å². The molecule has 2 aliphatic heterocycles. The summed E-state index contributed by atoms with van der Waals surface area (Å²) < 4.78 is 16.9. The molecule has 33 heavy (non-hydrogen) atoms. The Morgan fingerprint density at radius 1 is 1.27 bits per heavy atom. The number of benzene rings is 1. The maximum Gasteiger partial charge on any atom is 0.256 e. The molecule has 2 heterocycles. The van der Waals surface area contributed by atoms with Gasteiger partial charge in [0.05, 0.1) is 11.6 Å². The molecule has 0 bridgehead atoms. The quantitative estimate of drug-likeness (QED) is 0.291. The van der Waals surface area contributed by atoms with Crippen LogP contribution in [0.4, 0.5) is 0 Å². The molecule has 0 amide bonds. The molecule has 0 aromatic heterocycles. The molecule has 0 radical (unpaired) electrons. The van der Waals surface area contributed by atoms with E-state index in [0.717, 1.165) is 56.6 Å². The number of phenols is 1. The van der Waals surface area contributed by atoms with E-state index in [1.807, 2.05) is 24.3 Å². The maximum absolute atomic E-state index is 9.63. The van der Waals surface area contributed by atoms with Gasteiger partial charge in [0, 0.05) is 25.5 Å². The highest BCUT2D eigenvalue weighted by Crippen LogP contribution is 2.34. The second kappa shape index (κ2) is 10.4. The van der Waals surface area contributed by atoms with Crippen molar-refractivity contribution < 1.29 is 19.3 Å². The molecule has 1 aliphatic carbocycles.